The second kappa shape index (κ2) is 8.48. The van der Waals surface area contributed by atoms with Crippen molar-refractivity contribution in [2.24, 2.45) is 0 Å². The van der Waals surface area contributed by atoms with Gasteiger partial charge in [0.15, 0.2) is 0 Å². The summed E-state index contributed by atoms with van der Waals surface area (Å²) in [5.74, 6) is -0.251. The molecule has 4 nitrogen and oxygen atoms in total. The summed E-state index contributed by atoms with van der Waals surface area (Å²) >= 11 is 0. The van der Waals surface area contributed by atoms with Gasteiger partial charge in [-0.25, -0.2) is 4.79 Å². The van der Waals surface area contributed by atoms with E-state index < -0.39 is 0 Å². The van der Waals surface area contributed by atoms with Crippen molar-refractivity contribution in [3.8, 4) is 0 Å². The number of hydrogen-bond donors (Lipinski definition) is 1. The quantitative estimate of drug-likeness (QED) is 0.694. The first-order chi connectivity index (χ1) is 8.26. The summed E-state index contributed by atoms with van der Waals surface area (Å²) in [6.45, 7) is 5.62. The number of rotatable bonds is 7. The van der Waals surface area contributed by atoms with Crippen LogP contribution in [0.2, 0.25) is 0 Å². The summed E-state index contributed by atoms with van der Waals surface area (Å²) in [6.07, 6.45) is 5.79. The van der Waals surface area contributed by atoms with Crippen LogP contribution in [0.5, 0.6) is 0 Å². The Labute approximate surface area is 104 Å². The topological polar surface area (TPSA) is 47.6 Å². The van der Waals surface area contributed by atoms with Gasteiger partial charge in [0.25, 0.3) is 0 Å². The molecule has 1 saturated carbocycles. The zero-order valence-corrected chi connectivity index (χ0v) is 11.0. The van der Waals surface area contributed by atoms with E-state index in [2.05, 4.69) is 12.2 Å². The van der Waals surface area contributed by atoms with E-state index in [0.29, 0.717) is 12.6 Å². The zero-order valence-electron chi connectivity index (χ0n) is 11.0. The van der Waals surface area contributed by atoms with Gasteiger partial charge in [0.2, 0.25) is 0 Å². The summed E-state index contributed by atoms with van der Waals surface area (Å²) in [6, 6.07) is 0.636. The van der Waals surface area contributed by atoms with Crippen molar-refractivity contribution >= 4 is 5.97 Å². The van der Waals surface area contributed by atoms with E-state index in [1.165, 1.54) is 6.42 Å². The van der Waals surface area contributed by atoms with E-state index in [0.717, 1.165) is 32.2 Å². The minimum Gasteiger partial charge on any atom is -0.464 e. The Morgan fingerprint density at radius 2 is 1.94 bits per heavy atom. The molecule has 1 aliphatic rings. The lowest BCUT2D eigenvalue weighted by atomic mass is 9.93. The van der Waals surface area contributed by atoms with Gasteiger partial charge in [0, 0.05) is 6.04 Å². The van der Waals surface area contributed by atoms with Crippen molar-refractivity contribution in [1.29, 1.82) is 0 Å². The average molecular weight is 243 g/mol. The van der Waals surface area contributed by atoms with Crippen molar-refractivity contribution in [3.63, 3.8) is 0 Å². The van der Waals surface area contributed by atoms with Crippen LogP contribution in [0, 0.1) is 0 Å². The predicted molar refractivity (Wildman–Crippen MR) is 66.9 cm³/mol. The predicted octanol–water partition coefficient (Wildman–Crippen LogP) is 1.88. The smallest absolute Gasteiger partial charge is 0.332 e. The Morgan fingerprint density at radius 1 is 1.24 bits per heavy atom. The Bertz CT molecular complexity index is 213. The number of nitrogens with one attached hydrogen (secondary N) is 1. The number of ether oxygens (including phenoxy) is 2. The molecule has 0 aromatic heterocycles. The Morgan fingerprint density at radius 3 is 2.53 bits per heavy atom. The van der Waals surface area contributed by atoms with Crippen molar-refractivity contribution < 1.29 is 14.3 Å². The Kier molecular flexibility index (Phi) is 7.21. The maximum Gasteiger partial charge on any atom is 0.332 e. The summed E-state index contributed by atoms with van der Waals surface area (Å²) in [4.78, 5) is 11.1. The fourth-order valence-electron chi connectivity index (χ4n) is 2.17. The van der Waals surface area contributed by atoms with Crippen LogP contribution >= 0.6 is 0 Å². The summed E-state index contributed by atoms with van der Waals surface area (Å²) in [5, 5.41) is 3.53. The highest BCUT2D eigenvalue weighted by molar-refractivity contribution is 5.70. The van der Waals surface area contributed by atoms with E-state index >= 15 is 0 Å². The lowest BCUT2D eigenvalue weighted by Gasteiger charge is -2.28. The fraction of sp³-hybridized carbons (Fsp3) is 0.923. The van der Waals surface area contributed by atoms with Gasteiger partial charge in [-0.05, 0) is 45.6 Å². The van der Waals surface area contributed by atoms with Crippen LogP contribution < -0.4 is 5.32 Å². The molecule has 100 valence electrons. The van der Waals surface area contributed by atoms with Crippen molar-refractivity contribution in [2.45, 2.75) is 58.1 Å². The van der Waals surface area contributed by atoms with E-state index in [-0.39, 0.29) is 18.7 Å². The number of carbonyl (C=O) groups excluding carboxylic acids is 1. The van der Waals surface area contributed by atoms with Gasteiger partial charge in [0.1, 0.15) is 6.61 Å². The van der Waals surface area contributed by atoms with Gasteiger partial charge in [-0.2, -0.15) is 0 Å². The molecule has 1 fully saturated rings. The highest BCUT2D eigenvalue weighted by Gasteiger charge is 2.21. The van der Waals surface area contributed by atoms with Crippen LogP contribution in [0.4, 0.5) is 0 Å². The van der Waals surface area contributed by atoms with Gasteiger partial charge in [-0.3, -0.25) is 0 Å². The molecule has 17 heavy (non-hydrogen) atoms. The van der Waals surface area contributed by atoms with Gasteiger partial charge in [0.05, 0.1) is 12.7 Å². The molecule has 0 aromatic carbocycles. The normalized spacial score (nSPS) is 24.6. The highest BCUT2D eigenvalue weighted by atomic mass is 16.6. The minimum atomic E-state index is -0.251. The lowest BCUT2D eigenvalue weighted by Crippen LogP contribution is -2.36. The van der Waals surface area contributed by atoms with Gasteiger partial charge < -0.3 is 14.8 Å². The van der Waals surface area contributed by atoms with E-state index in [4.69, 9.17) is 9.47 Å². The number of carbonyl (C=O) groups is 1. The van der Waals surface area contributed by atoms with Gasteiger partial charge in [-0.15, -0.1) is 0 Å². The molecule has 0 atom stereocenters. The zero-order chi connectivity index (χ0) is 12.5. The van der Waals surface area contributed by atoms with Crippen molar-refractivity contribution in [3.05, 3.63) is 0 Å². The first kappa shape index (κ1) is 14.5. The molecule has 4 heteroatoms. The molecule has 0 spiro atoms. The van der Waals surface area contributed by atoms with Gasteiger partial charge >= 0.3 is 5.97 Å². The van der Waals surface area contributed by atoms with Crippen LogP contribution in [-0.2, 0) is 14.3 Å². The Balaban J connectivity index is 2.08. The molecular weight excluding hydrogens is 218 g/mol. The molecule has 0 unspecified atom stereocenters. The third-order valence-electron chi connectivity index (χ3n) is 3.10. The Hall–Kier alpha value is -0.610. The van der Waals surface area contributed by atoms with Crippen LogP contribution in [0.3, 0.4) is 0 Å². The molecule has 0 saturated heterocycles. The first-order valence-electron chi connectivity index (χ1n) is 6.76. The SMILES string of the molecule is CCCNC1CCC(OCC(=O)OCC)CC1. The minimum absolute atomic E-state index is 0.103. The second-order valence-corrected chi connectivity index (χ2v) is 4.54. The van der Waals surface area contributed by atoms with Gasteiger partial charge in [-0.1, -0.05) is 6.92 Å². The summed E-state index contributed by atoms with van der Waals surface area (Å²) in [5.41, 5.74) is 0. The summed E-state index contributed by atoms with van der Waals surface area (Å²) in [7, 11) is 0. The highest BCUT2D eigenvalue weighted by Crippen LogP contribution is 2.21. The lowest BCUT2D eigenvalue weighted by molar-refractivity contribution is -0.151. The van der Waals surface area contributed by atoms with Crippen LogP contribution in [-0.4, -0.2) is 37.9 Å². The van der Waals surface area contributed by atoms with E-state index in [1.807, 2.05) is 6.92 Å². The van der Waals surface area contributed by atoms with Crippen molar-refractivity contribution in [2.75, 3.05) is 19.8 Å². The van der Waals surface area contributed by atoms with E-state index in [1.54, 1.807) is 0 Å². The molecule has 0 bridgehead atoms. The molecule has 1 aliphatic carbocycles. The molecule has 0 radical (unpaired) electrons. The molecule has 0 amide bonds. The number of hydrogen-bond acceptors (Lipinski definition) is 4. The molecular formula is C13H25NO3. The second-order valence-electron chi connectivity index (χ2n) is 4.54. The maximum atomic E-state index is 11.1. The molecule has 0 heterocycles. The summed E-state index contributed by atoms with van der Waals surface area (Å²) < 4.78 is 10.4. The fourth-order valence-corrected chi connectivity index (χ4v) is 2.17. The van der Waals surface area contributed by atoms with Crippen LogP contribution in [0.25, 0.3) is 0 Å². The van der Waals surface area contributed by atoms with Crippen LogP contribution in [0.15, 0.2) is 0 Å². The van der Waals surface area contributed by atoms with Crippen LogP contribution in [0.1, 0.15) is 46.0 Å². The van der Waals surface area contributed by atoms with E-state index in [9.17, 15) is 4.79 Å². The molecule has 1 rings (SSSR count). The molecule has 0 aromatic rings. The monoisotopic (exact) mass is 243 g/mol. The van der Waals surface area contributed by atoms with Crippen molar-refractivity contribution in [1.82, 2.24) is 5.32 Å². The first-order valence-corrected chi connectivity index (χ1v) is 6.76. The third kappa shape index (κ3) is 6.03. The maximum absolute atomic E-state index is 11.1. The molecule has 1 N–H and O–H groups in total. The molecule has 0 aliphatic heterocycles. The average Bonchev–Trinajstić information content (AvgIpc) is 2.35. The standard InChI is InChI=1S/C13H25NO3/c1-3-9-14-11-5-7-12(8-6-11)17-10-13(15)16-4-2/h11-12,14H,3-10H2,1-2H3. The largest absolute Gasteiger partial charge is 0.464 e. The number of esters is 1. The third-order valence-corrected chi connectivity index (χ3v) is 3.10.